The van der Waals surface area contributed by atoms with E-state index in [1.54, 1.807) is 0 Å². The lowest BCUT2D eigenvalue weighted by Gasteiger charge is -2.33. The highest BCUT2D eigenvalue weighted by Crippen LogP contribution is 2.58. The van der Waals surface area contributed by atoms with Gasteiger partial charge in [0, 0.05) is 43.9 Å². The van der Waals surface area contributed by atoms with E-state index in [9.17, 15) is 0 Å². The van der Waals surface area contributed by atoms with E-state index in [2.05, 4.69) is 264 Å². The molecule has 5 heteroatoms. The molecule has 0 aliphatic heterocycles. The van der Waals surface area contributed by atoms with Gasteiger partial charge in [0.2, 0.25) is 5.95 Å². The summed E-state index contributed by atoms with van der Waals surface area (Å²) in [6.45, 7) is 0. The lowest BCUT2D eigenvalue weighted by molar-refractivity contribution is 0.769. The highest BCUT2D eigenvalue weighted by atomic mass is 15.2. The maximum absolute atomic E-state index is 5.58. The number of hydrogen-bond donors (Lipinski definition) is 0. The monoisotopic (exact) mass is 955 g/mol. The third kappa shape index (κ3) is 6.54. The van der Waals surface area contributed by atoms with E-state index in [-0.39, 0.29) is 0 Å². The minimum atomic E-state index is -0.580. The molecule has 1 aliphatic carbocycles. The Morgan fingerprint density at radius 3 is 1.61 bits per heavy atom. The van der Waals surface area contributed by atoms with Crippen LogP contribution in [-0.2, 0) is 5.41 Å². The summed E-state index contributed by atoms with van der Waals surface area (Å²) in [6, 6.07) is 98.2. The van der Waals surface area contributed by atoms with Gasteiger partial charge in [-0.05, 0) is 92.5 Å². The van der Waals surface area contributed by atoms with E-state index in [4.69, 9.17) is 15.0 Å². The normalized spacial score (nSPS) is 12.6. The fraction of sp³-hybridized carbons (Fsp3) is 0.0143. The minimum Gasteiger partial charge on any atom is -0.309 e. The molecule has 0 fully saturated rings. The molecular formula is C70H45N5. The zero-order valence-electron chi connectivity index (χ0n) is 40.7. The largest absolute Gasteiger partial charge is 0.309 e. The average molecular weight is 956 g/mol. The molecule has 0 saturated carbocycles. The summed E-state index contributed by atoms with van der Waals surface area (Å²) >= 11 is 0. The van der Waals surface area contributed by atoms with Crippen LogP contribution in [-0.4, -0.2) is 24.1 Å². The SMILES string of the molecule is c1ccc(-c2ccc3c(c2)c2c(-c4cccc(-c5nc(-c6ccccc6)nc(-n6c7ccccc7c7ccc8c(c76)-c6ccccc6C8(c6ccccc6)c6ccccc6)n5)c4)cccc2n3-c2ccccc2)cc1. The van der Waals surface area contributed by atoms with Crippen molar-refractivity contribution in [2.75, 3.05) is 0 Å². The predicted octanol–water partition coefficient (Wildman–Crippen LogP) is 17.1. The third-order valence-electron chi connectivity index (χ3n) is 15.5. The zero-order valence-corrected chi connectivity index (χ0v) is 40.7. The molecule has 14 aromatic rings. The molecular weight excluding hydrogens is 911 g/mol. The van der Waals surface area contributed by atoms with Crippen LogP contribution in [0.3, 0.4) is 0 Å². The maximum atomic E-state index is 5.58. The Kier molecular flexibility index (Phi) is 9.72. The van der Waals surface area contributed by atoms with Crippen molar-refractivity contribution in [3.05, 3.63) is 295 Å². The first kappa shape index (κ1) is 42.7. The van der Waals surface area contributed by atoms with Crippen molar-refractivity contribution in [2.45, 2.75) is 5.41 Å². The molecule has 75 heavy (non-hydrogen) atoms. The van der Waals surface area contributed by atoms with Crippen LogP contribution in [0.4, 0.5) is 0 Å². The number of para-hydroxylation sites is 2. The van der Waals surface area contributed by atoms with Gasteiger partial charge in [0.25, 0.3) is 0 Å². The summed E-state index contributed by atoms with van der Waals surface area (Å²) in [4.78, 5) is 16.4. The van der Waals surface area contributed by atoms with Gasteiger partial charge in [0.05, 0.1) is 27.5 Å². The Bertz CT molecular complexity index is 4460. The van der Waals surface area contributed by atoms with Crippen molar-refractivity contribution in [1.82, 2.24) is 24.1 Å². The van der Waals surface area contributed by atoms with Gasteiger partial charge in [-0.3, -0.25) is 4.57 Å². The van der Waals surface area contributed by atoms with Crippen LogP contribution in [0.2, 0.25) is 0 Å². The zero-order chi connectivity index (χ0) is 49.5. The first-order chi connectivity index (χ1) is 37.2. The van der Waals surface area contributed by atoms with Crippen LogP contribution >= 0.6 is 0 Å². The predicted molar refractivity (Wildman–Crippen MR) is 308 cm³/mol. The maximum Gasteiger partial charge on any atom is 0.238 e. The minimum absolute atomic E-state index is 0.555. The first-order valence-corrected chi connectivity index (χ1v) is 25.6. The molecule has 3 heterocycles. The van der Waals surface area contributed by atoms with E-state index in [0.29, 0.717) is 17.6 Å². The van der Waals surface area contributed by atoms with Crippen molar-refractivity contribution < 1.29 is 0 Å². The number of nitrogens with zero attached hydrogens (tertiary/aromatic N) is 5. The molecule has 0 N–H and O–H groups in total. The molecule has 3 aromatic heterocycles. The van der Waals surface area contributed by atoms with Crippen molar-refractivity contribution >= 4 is 43.6 Å². The number of benzene rings is 11. The number of aromatic nitrogens is 5. The molecule has 0 atom stereocenters. The molecule has 1 aliphatic rings. The van der Waals surface area contributed by atoms with Crippen LogP contribution in [0, 0.1) is 0 Å². The van der Waals surface area contributed by atoms with E-state index in [0.717, 1.165) is 60.8 Å². The summed E-state index contributed by atoms with van der Waals surface area (Å²) in [5.74, 6) is 1.75. The lowest BCUT2D eigenvalue weighted by Crippen LogP contribution is -2.28. The Labute approximate surface area is 434 Å². The van der Waals surface area contributed by atoms with E-state index < -0.39 is 5.41 Å². The van der Waals surface area contributed by atoms with Gasteiger partial charge in [-0.1, -0.05) is 231 Å². The number of hydrogen-bond acceptors (Lipinski definition) is 3. The van der Waals surface area contributed by atoms with E-state index in [1.165, 1.54) is 55.3 Å². The second-order valence-electron chi connectivity index (χ2n) is 19.5. The molecule has 0 radical (unpaired) electrons. The quantitative estimate of drug-likeness (QED) is 0.152. The molecule has 0 unspecified atom stereocenters. The smallest absolute Gasteiger partial charge is 0.238 e. The molecule has 0 amide bonds. The van der Waals surface area contributed by atoms with Crippen LogP contribution in [0.1, 0.15) is 22.3 Å². The van der Waals surface area contributed by atoms with Gasteiger partial charge in [-0.25, -0.2) is 4.98 Å². The van der Waals surface area contributed by atoms with Gasteiger partial charge in [-0.15, -0.1) is 0 Å². The molecule has 0 bridgehead atoms. The first-order valence-electron chi connectivity index (χ1n) is 25.6. The molecule has 11 aromatic carbocycles. The van der Waals surface area contributed by atoms with Crippen molar-refractivity contribution in [3.63, 3.8) is 0 Å². The Balaban J connectivity index is 0.981. The molecule has 0 spiro atoms. The van der Waals surface area contributed by atoms with Gasteiger partial charge >= 0.3 is 0 Å². The molecule has 350 valence electrons. The Hall–Kier alpha value is -9.97. The highest BCUT2D eigenvalue weighted by molar-refractivity contribution is 6.18. The fourth-order valence-electron chi connectivity index (χ4n) is 12.3. The summed E-state index contributed by atoms with van der Waals surface area (Å²) in [5, 5.41) is 4.65. The molecule has 0 saturated heterocycles. The fourth-order valence-corrected chi connectivity index (χ4v) is 12.3. The van der Waals surface area contributed by atoms with Crippen LogP contribution in [0.15, 0.2) is 273 Å². The Morgan fingerprint density at radius 2 is 0.867 bits per heavy atom. The highest BCUT2D eigenvalue weighted by Gasteiger charge is 2.47. The molecule has 5 nitrogen and oxygen atoms in total. The second-order valence-corrected chi connectivity index (χ2v) is 19.5. The molecule has 15 rings (SSSR count). The van der Waals surface area contributed by atoms with E-state index >= 15 is 0 Å². The van der Waals surface area contributed by atoms with E-state index in [1.807, 2.05) is 18.2 Å². The van der Waals surface area contributed by atoms with Crippen molar-refractivity contribution in [2.24, 2.45) is 0 Å². The number of rotatable bonds is 8. The summed E-state index contributed by atoms with van der Waals surface area (Å²) < 4.78 is 4.69. The summed E-state index contributed by atoms with van der Waals surface area (Å²) in [7, 11) is 0. The number of fused-ring (bicyclic) bond motifs is 10. The average Bonchev–Trinajstić information content (AvgIpc) is 4.15. The van der Waals surface area contributed by atoms with Crippen molar-refractivity contribution in [3.8, 4) is 67.8 Å². The van der Waals surface area contributed by atoms with Gasteiger partial charge in [0.1, 0.15) is 0 Å². The van der Waals surface area contributed by atoms with Gasteiger partial charge in [0.15, 0.2) is 11.6 Å². The summed E-state index contributed by atoms with van der Waals surface area (Å²) in [5.41, 5.74) is 18.6. The van der Waals surface area contributed by atoms with Gasteiger partial charge in [-0.2, -0.15) is 9.97 Å². The van der Waals surface area contributed by atoms with Crippen LogP contribution < -0.4 is 0 Å². The van der Waals surface area contributed by atoms with Crippen LogP contribution in [0.25, 0.3) is 111 Å². The standard InChI is InChI=1S/C70H45N5/c1-6-22-46(23-7-1)48-40-43-62-58(45-48)64-54(36-21-39-63(64)74(62)53-32-14-5-15-33-53)49-26-20-27-50(44-49)68-71-67(47-24-8-2-9-25-47)72-69(73-68)75-61-38-19-17-34-55(61)56-41-42-60-65(66(56)75)57-35-16-18-37-59(57)70(60,51-28-10-3-11-29-51)52-30-12-4-13-31-52/h1-45H. The van der Waals surface area contributed by atoms with Crippen LogP contribution in [0.5, 0.6) is 0 Å². The third-order valence-corrected chi connectivity index (χ3v) is 15.5. The lowest BCUT2D eigenvalue weighted by atomic mass is 9.67. The van der Waals surface area contributed by atoms with Crippen molar-refractivity contribution in [1.29, 1.82) is 0 Å². The van der Waals surface area contributed by atoms with Gasteiger partial charge < -0.3 is 4.57 Å². The summed E-state index contributed by atoms with van der Waals surface area (Å²) in [6.07, 6.45) is 0. The Morgan fingerprint density at radius 1 is 0.307 bits per heavy atom. The second kappa shape index (κ2) is 17.1. The topological polar surface area (TPSA) is 48.5 Å².